The van der Waals surface area contributed by atoms with Crippen molar-refractivity contribution >= 4 is 34.3 Å². The lowest BCUT2D eigenvalue weighted by Crippen LogP contribution is -2.23. The number of hydrogen-bond donors (Lipinski definition) is 1. The van der Waals surface area contributed by atoms with E-state index in [2.05, 4.69) is 15.0 Å². The van der Waals surface area contributed by atoms with Crippen LogP contribution in [0.15, 0.2) is 82.7 Å². The fraction of sp³-hybridized carbons (Fsp3) is 0.160. The number of carbonyl (C=O) groups excluding carboxylic acids is 1. The topological polar surface area (TPSA) is 82.4 Å². The molecule has 0 radical (unpaired) electrons. The Labute approximate surface area is 203 Å². The molecule has 0 saturated heterocycles. The van der Waals surface area contributed by atoms with Gasteiger partial charge in [-0.2, -0.15) is 8.78 Å². The predicted octanol–water partition coefficient (Wildman–Crippen LogP) is 5.12. The number of benzene rings is 3. The fourth-order valence-electron chi connectivity index (χ4n) is 3.38. The molecule has 0 aliphatic rings. The van der Waals surface area contributed by atoms with Gasteiger partial charge >= 0.3 is 6.61 Å². The zero-order valence-corrected chi connectivity index (χ0v) is 19.4. The minimum Gasteiger partial charge on any atom is -0.494 e. The van der Waals surface area contributed by atoms with E-state index < -0.39 is 12.5 Å². The minimum absolute atomic E-state index is 0.119. The van der Waals surface area contributed by atoms with Crippen molar-refractivity contribution in [2.24, 2.45) is 0 Å². The molecule has 4 rings (SSSR count). The number of aromatic nitrogens is 2. The highest BCUT2D eigenvalue weighted by atomic mass is 32.2. The molecule has 1 N–H and O–H groups in total. The molecule has 3 aromatic carbocycles. The molecule has 180 valence electrons. The number of alkyl halides is 2. The summed E-state index contributed by atoms with van der Waals surface area (Å²) < 4.78 is 36.7. The van der Waals surface area contributed by atoms with Gasteiger partial charge in [-0.05, 0) is 55.5 Å². The minimum atomic E-state index is -3.02. The number of para-hydroxylation sites is 3. The first kappa shape index (κ1) is 24.2. The SMILES string of the molecule is CCOc1ccc(-n2c(SCC(=O)Nc3ccccc3OC(F)F)nc3ccccc3c2=O)cc1. The van der Waals surface area contributed by atoms with Gasteiger partial charge in [-0.25, -0.2) is 4.98 Å². The number of anilines is 1. The largest absolute Gasteiger partial charge is 0.494 e. The molecule has 0 fully saturated rings. The van der Waals surface area contributed by atoms with E-state index in [0.29, 0.717) is 34.1 Å². The number of thioether (sulfide) groups is 1. The lowest BCUT2D eigenvalue weighted by Gasteiger charge is -2.14. The van der Waals surface area contributed by atoms with Crippen LogP contribution in [0.4, 0.5) is 14.5 Å². The van der Waals surface area contributed by atoms with Crippen LogP contribution in [0.1, 0.15) is 6.92 Å². The highest BCUT2D eigenvalue weighted by molar-refractivity contribution is 7.99. The zero-order valence-electron chi connectivity index (χ0n) is 18.6. The van der Waals surface area contributed by atoms with Crippen LogP contribution in [-0.2, 0) is 4.79 Å². The van der Waals surface area contributed by atoms with Crippen LogP contribution in [-0.4, -0.2) is 34.4 Å². The molecule has 0 aliphatic carbocycles. The van der Waals surface area contributed by atoms with Gasteiger partial charge in [0.05, 0.1) is 34.6 Å². The average molecular weight is 498 g/mol. The van der Waals surface area contributed by atoms with Crippen molar-refractivity contribution < 1.29 is 23.0 Å². The summed E-state index contributed by atoms with van der Waals surface area (Å²) in [5.41, 5.74) is 0.903. The van der Waals surface area contributed by atoms with Crippen molar-refractivity contribution in [1.29, 1.82) is 0 Å². The van der Waals surface area contributed by atoms with E-state index in [0.717, 1.165) is 11.8 Å². The number of hydrogen-bond acceptors (Lipinski definition) is 6. The Bertz CT molecular complexity index is 1390. The highest BCUT2D eigenvalue weighted by Gasteiger charge is 2.16. The summed E-state index contributed by atoms with van der Waals surface area (Å²) in [5, 5.41) is 3.32. The third-order valence-corrected chi connectivity index (χ3v) is 5.80. The van der Waals surface area contributed by atoms with Gasteiger partial charge in [0.1, 0.15) is 11.5 Å². The molecule has 0 spiro atoms. The molecule has 1 amide bonds. The molecule has 1 heterocycles. The van der Waals surface area contributed by atoms with Crippen LogP contribution in [0.3, 0.4) is 0 Å². The first-order valence-corrected chi connectivity index (χ1v) is 11.7. The molecule has 0 saturated carbocycles. The van der Waals surface area contributed by atoms with Gasteiger partial charge in [-0.3, -0.25) is 14.2 Å². The summed E-state index contributed by atoms with van der Waals surface area (Å²) >= 11 is 1.05. The number of nitrogens with zero attached hydrogens (tertiary/aromatic N) is 2. The van der Waals surface area contributed by atoms with Gasteiger partial charge in [0.15, 0.2) is 5.16 Å². The van der Waals surface area contributed by atoms with E-state index in [4.69, 9.17) is 4.74 Å². The average Bonchev–Trinajstić information content (AvgIpc) is 2.85. The number of rotatable bonds is 9. The summed E-state index contributed by atoms with van der Waals surface area (Å²) in [6.07, 6.45) is 0. The Kier molecular flexibility index (Phi) is 7.61. The summed E-state index contributed by atoms with van der Waals surface area (Å²) in [6.45, 7) is -0.630. The van der Waals surface area contributed by atoms with Crippen LogP contribution in [0.25, 0.3) is 16.6 Å². The zero-order chi connectivity index (χ0) is 24.8. The van der Waals surface area contributed by atoms with Gasteiger partial charge in [-0.15, -0.1) is 0 Å². The maximum absolute atomic E-state index is 13.3. The van der Waals surface area contributed by atoms with Gasteiger partial charge in [-0.1, -0.05) is 36.0 Å². The molecule has 0 atom stereocenters. The second kappa shape index (κ2) is 11.0. The molecule has 10 heteroatoms. The molecule has 0 unspecified atom stereocenters. The van der Waals surface area contributed by atoms with Crippen molar-refractivity contribution in [3.05, 3.63) is 83.2 Å². The van der Waals surface area contributed by atoms with Gasteiger partial charge in [0.25, 0.3) is 5.56 Å². The van der Waals surface area contributed by atoms with E-state index in [9.17, 15) is 18.4 Å². The van der Waals surface area contributed by atoms with Crippen molar-refractivity contribution in [2.45, 2.75) is 18.7 Å². The number of amides is 1. The van der Waals surface area contributed by atoms with Crippen LogP contribution in [0.5, 0.6) is 11.5 Å². The number of nitrogens with one attached hydrogen (secondary N) is 1. The Morgan fingerprint density at radius 1 is 1.06 bits per heavy atom. The Hall–Kier alpha value is -3.92. The van der Waals surface area contributed by atoms with Gasteiger partial charge < -0.3 is 14.8 Å². The van der Waals surface area contributed by atoms with Crippen molar-refractivity contribution in [1.82, 2.24) is 9.55 Å². The van der Waals surface area contributed by atoms with Crippen molar-refractivity contribution in [3.63, 3.8) is 0 Å². The van der Waals surface area contributed by atoms with E-state index >= 15 is 0 Å². The summed E-state index contributed by atoms with van der Waals surface area (Å²) in [5.74, 6) is -0.0709. The molecule has 1 aromatic heterocycles. The smallest absolute Gasteiger partial charge is 0.387 e. The second-order valence-electron chi connectivity index (χ2n) is 7.19. The van der Waals surface area contributed by atoms with Crippen molar-refractivity contribution in [3.8, 4) is 17.2 Å². The maximum Gasteiger partial charge on any atom is 0.387 e. The quantitative estimate of drug-likeness (QED) is 0.255. The highest BCUT2D eigenvalue weighted by Crippen LogP contribution is 2.27. The summed E-state index contributed by atoms with van der Waals surface area (Å²) in [7, 11) is 0. The first-order chi connectivity index (χ1) is 17.0. The molecule has 0 bridgehead atoms. The molecular formula is C25H21F2N3O4S. The molecule has 35 heavy (non-hydrogen) atoms. The van der Waals surface area contributed by atoms with E-state index in [-0.39, 0.29) is 22.7 Å². The second-order valence-corrected chi connectivity index (χ2v) is 8.13. The Morgan fingerprint density at radius 3 is 2.51 bits per heavy atom. The number of carbonyl (C=O) groups is 1. The number of fused-ring (bicyclic) bond motifs is 1. The van der Waals surface area contributed by atoms with Crippen LogP contribution >= 0.6 is 11.8 Å². The third-order valence-electron chi connectivity index (χ3n) is 4.86. The molecule has 0 aliphatic heterocycles. The van der Waals surface area contributed by atoms with Crippen LogP contribution in [0.2, 0.25) is 0 Å². The molecule has 4 aromatic rings. The van der Waals surface area contributed by atoms with Gasteiger partial charge in [0, 0.05) is 0 Å². The van der Waals surface area contributed by atoms with E-state index in [1.165, 1.54) is 22.8 Å². The summed E-state index contributed by atoms with van der Waals surface area (Å²) in [4.78, 5) is 30.6. The van der Waals surface area contributed by atoms with Crippen LogP contribution < -0.4 is 20.3 Å². The lowest BCUT2D eigenvalue weighted by atomic mass is 10.2. The maximum atomic E-state index is 13.3. The van der Waals surface area contributed by atoms with Crippen LogP contribution in [0, 0.1) is 0 Å². The molecule has 7 nitrogen and oxygen atoms in total. The predicted molar refractivity (Wildman–Crippen MR) is 131 cm³/mol. The lowest BCUT2D eigenvalue weighted by molar-refractivity contribution is -0.113. The third kappa shape index (κ3) is 5.78. The monoisotopic (exact) mass is 497 g/mol. The Morgan fingerprint density at radius 2 is 1.77 bits per heavy atom. The normalized spacial score (nSPS) is 11.0. The van der Waals surface area contributed by atoms with Crippen molar-refractivity contribution in [2.75, 3.05) is 17.7 Å². The number of ether oxygens (including phenoxy) is 2. The van der Waals surface area contributed by atoms with E-state index in [1.54, 1.807) is 54.6 Å². The van der Waals surface area contributed by atoms with E-state index in [1.807, 2.05) is 6.92 Å². The Balaban J connectivity index is 1.62. The fourth-order valence-corrected chi connectivity index (χ4v) is 4.19. The standard InChI is InChI=1S/C25H21F2N3O4S/c1-2-33-17-13-11-16(12-14-17)30-23(32)18-7-3-4-8-19(18)29-25(30)35-15-22(31)28-20-9-5-6-10-21(20)34-24(26)27/h3-14,24H,2,15H2,1H3,(H,28,31). The first-order valence-electron chi connectivity index (χ1n) is 10.7. The number of halogens is 2. The van der Waals surface area contributed by atoms with Gasteiger partial charge in [0.2, 0.25) is 5.91 Å². The molecular weight excluding hydrogens is 476 g/mol. The summed E-state index contributed by atoms with van der Waals surface area (Å²) in [6, 6.07) is 19.8.